The molecule has 0 aliphatic carbocycles. The van der Waals surface area contributed by atoms with Crippen LogP contribution in [-0.2, 0) is 16.1 Å². The Hall–Kier alpha value is -4.18. The minimum Gasteiger partial charge on any atom is -0.464 e. The summed E-state index contributed by atoms with van der Waals surface area (Å²) in [6.45, 7) is 2.39. The van der Waals surface area contributed by atoms with Crippen molar-refractivity contribution in [2.24, 2.45) is 0 Å². The van der Waals surface area contributed by atoms with Crippen LogP contribution in [0.5, 0.6) is 11.6 Å². The molecule has 1 aromatic heterocycles. The number of benzene rings is 2. The van der Waals surface area contributed by atoms with Crippen LogP contribution in [0.1, 0.15) is 29.4 Å². The molecule has 4 rings (SSSR count). The lowest BCUT2D eigenvalue weighted by Gasteiger charge is -2.40. The normalized spacial score (nSPS) is 15.6. The third kappa shape index (κ3) is 5.72. The zero-order chi connectivity index (χ0) is 25.7. The highest BCUT2D eigenvalue weighted by atomic mass is 35.5. The largest absolute Gasteiger partial charge is 0.464 e. The number of hydrogen-bond donors (Lipinski definition) is 1. The molecule has 2 aromatic carbocycles. The van der Waals surface area contributed by atoms with Crippen LogP contribution in [0.25, 0.3) is 0 Å². The van der Waals surface area contributed by atoms with Crippen LogP contribution in [0.2, 0.25) is 5.02 Å². The minimum atomic E-state index is -0.587. The number of ether oxygens (including phenoxy) is 2. The summed E-state index contributed by atoms with van der Waals surface area (Å²) in [5.74, 6) is -0.120. The van der Waals surface area contributed by atoms with E-state index < -0.39 is 12.1 Å². The minimum absolute atomic E-state index is 0.0748. The van der Waals surface area contributed by atoms with E-state index in [9.17, 15) is 14.4 Å². The first kappa shape index (κ1) is 24.9. The molecular weight excluding hydrogens is 486 g/mol. The average molecular weight is 510 g/mol. The summed E-state index contributed by atoms with van der Waals surface area (Å²) in [4.78, 5) is 40.0. The van der Waals surface area contributed by atoms with Gasteiger partial charge in [-0.15, -0.1) is 10.2 Å². The second kappa shape index (κ2) is 11.0. The maximum atomic E-state index is 13.1. The molecular formula is C25H24ClN5O5. The number of halogens is 1. The van der Waals surface area contributed by atoms with Crippen molar-refractivity contribution < 1.29 is 23.9 Å². The van der Waals surface area contributed by atoms with E-state index in [2.05, 4.69) is 20.3 Å². The van der Waals surface area contributed by atoms with Crippen molar-refractivity contribution in [2.45, 2.75) is 26.1 Å². The number of carbonyl (C=O) groups is 3. The van der Waals surface area contributed by atoms with Gasteiger partial charge in [0.25, 0.3) is 0 Å². The molecule has 36 heavy (non-hydrogen) atoms. The Kier molecular flexibility index (Phi) is 7.65. The van der Waals surface area contributed by atoms with Gasteiger partial charge in [-0.3, -0.25) is 14.6 Å². The first-order valence-electron chi connectivity index (χ1n) is 11.2. The Morgan fingerprint density at radius 3 is 2.39 bits per heavy atom. The van der Waals surface area contributed by atoms with E-state index in [-0.39, 0.29) is 29.9 Å². The molecule has 1 N–H and O–H groups in total. The van der Waals surface area contributed by atoms with Crippen molar-refractivity contribution >= 4 is 35.2 Å². The van der Waals surface area contributed by atoms with Crippen LogP contribution >= 0.6 is 11.6 Å². The van der Waals surface area contributed by atoms with Gasteiger partial charge in [-0.2, -0.15) is 0 Å². The van der Waals surface area contributed by atoms with E-state index in [0.717, 1.165) is 5.56 Å². The third-order valence-electron chi connectivity index (χ3n) is 5.55. The second-order valence-corrected chi connectivity index (χ2v) is 8.35. The van der Waals surface area contributed by atoms with Gasteiger partial charge in [-0.05, 0) is 55.0 Å². The molecule has 0 saturated carbocycles. The number of methoxy groups -OCH3 is 1. The van der Waals surface area contributed by atoms with Gasteiger partial charge in [0, 0.05) is 29.9 Å². The maximum Gasteiger partial charge on any atom is 0.358 e. The van der Waals surface area contributed by atoms with Gasteiger partial charge in [-0.25, -0.2) is 9.59 Å². The lowest BCUT2D eigenvalue weighted by molar-refractivity contribution is -0.132. The molecule has 1 fully saturated rings. The lowest BCUT2D eigenvalue weighted by Crippen LogP contribution is -2.58. The quantitative estimate of drug-likeness (QED) is 0.446. The van der Waals surface area contributed by atoms with Crippen LogP contribution in [0.4, 0.5) is 10.5 Å². The summed E-state index contributed by atoms with van der Waals surface area (Å²) >= 11 is 5.99. The maximum absolute atomic E-state index is 13.1. The topological polar surface area (TPSA) is 114 Å². The molecule has 0 radical (unpaired) electrons. The highest BCUT2D eigenvalue weighted by Gasteiger charge is 2.38. The van der Waals surface area contributed by atoms with Gasteiger partial charge in [0.05, 0.1) is 13.5 Å². The molecule has 1 unspecified atom stereocenters. The molecule has 0 spiro atoms. The highest BCUT2D eigenvalue weighted by molar-refractivity contribution is 6.30. The van der Waals surface area contributed by atoms with Crippen molar-refractivity contribution in [3.05, 3.63) is 76.9 Å². The molecule has 1 atom stereocenters. The van der Waals surface area contributed by atoms with Gasteiger partial charge in [0.1, 0.15) is 11.9 Å². The molecule has 1 saturated heterocycles. The Bertz CT molecular complexity index is 1240. The summed E-state index contributed by atoms with van der Waals surface area (Å²) in [7, 11) is 1.26. The number of hydrogen-bond acceptors (Lipinski definition) is 8. The number of nitrogens with zero attached hydrogens (tertiary/aromatic N) is 4. The van der Waals surface area contributed by atoms with E-state index in [1.165, 1.54) is 24.1 Å². The van der Waals surface area contributed by atoms with E-state index >= 15 is 0 Å². The predicted molar refractivity (Wildman–Crippen MR) is 132 cm³/mol. The van der Waals surface area contributed by atoms with Gasteiger partial charge >= 0.3 is 12.0 Å². The molecule has 11 heteroatoms. The number of urea groups is 1. The second-order valence-electron chi connectivity index (χ2n) is 7.91. The van der Waals surface area contributed by atoms with E-state index in [1.54, 1.807) is 48.2 Å². The fourth-order valence-electron chi connectivity index (χ4n) is 3.71. The number of nitrogens with one attached hydrogen (secondary N) is 1. The molecule has 186 valence electrons. The van der Waals surface area contributed by atoms with Crippen LogP contribution in [0.15, 0.2) is 60.7 Å². The lowest BCUT2D eigenvalue weighted by atomic mass is 10.1. The average Bonchev–Trinajstić information content (AvgIpc) is 2.89. The first-order valence-corrected chi connectivity index (χ1v) is 11.6. The number of amides is 3. The Morgan fingerprint density at radius 1 is 1.06 bits per heavy atom. The molecule has 1 aliphatic rings. The predicted octanol–water partition coefficient (Wildman–Crippen LogP) is 4.32. The molecule has 0 bridgehead atoms. The fourth-order valence-corrected chi connectivity index (χ4v) is 3.83. The fraction of sp³-hybridized carbons (Fsp3) is 0.240. The van der Waals surface area contributed by atoms with E-state index in [1.807, 2.05) is 12.1 Å². The van der Waals surface area contributed by atoms with Crippen LogP contribution < -0.4 is 10.1 Å². The Labute approximate surface area is 212 Å². The highest BCUT2D eigenvalue weighted by Crippen LogP contribution is 2.25. The summed E-state index contributed by atoms with van der Waals surface area (Å²) in [6, 6.07) is 16.8. The number of aromatic nitrogens is 2. The van der Waals surface area contributed by atoms with Gasteiger partial charge in [0.15, 0.2) is 5.69 Å². The van der Waals surface area contributed by atoms with Crippen LogP contribution in [0.3, 0.4) is 0 Å². The summed E-state index contributed by atoms with van der Waals surface area (Å²) in [5, 5.41) is 11.5. The summed E-state index contributed by atoms with van der Waals surface area (Å²) in [5.41, 5.74) is 1.67. The Balaban J connectivity index is 1.46. The smallest absolute Gasteiger partial charge is 0.358 e. The van der Waals surface area contributed by atoms with Gasteiger partial charge < -0.3 is 14.8 Å². The van der Waals surface area contributed by atoms with E-state index in [0.29, 0.717) is 29.5 Å². The zero-order valence-corrected chi connectivity index (χ0v) is 20.4. The standard InChI is InChI=1S/C25H24ClN5O5/c1-3-30-23(32)14-21(31(25(30)34)15-16-4-6-17(26)7-5-16)27-18-8-10-19(11-9-18)36-22-13-12-20(28-29-22)24(33)35-2/h4-13,21,27H,3,14-15H2,1-2H3. The molecule has 3 amide bonds. The molecule has 2 heterocycles. The van der Waals surface area contributed by atoms with E-state index in [4.69, 9.17) is 16.3 Å². The van der Waals surface area contributed by atoms with Crippen LogP contribution in [0, 0.1) is 0 Å². The van der Waals surface area contributed by atoms with Crippen molar-refractivity contribution in [3.8, 4) is 11.6 Å². The molecule has 10 nitrogen and oxygen atoms in total. The number of rotatable bonds is 8. The van der Waals surface area contributed by atoms with Crippen molar-refractivity contribution in [2.75, 3.05) is 19.0 Å². The number of anilines is 1. The van der Waals surface area contributed by atoms with Crippen molar-refractivity contribution in [1.82, 2.24) is 20.0 Å². The zero-order valence-electron chi connectivity index (χ0n) is 19.7. The third-order valence-corrected chi connectivity index (χ3v) is 5.80. The van der Waals surface area contributed by atoms with Crippen molar-refractivity contribution in [3.63, 3.8) is 0 Å². The number of carbonyl (C=O) groups excluding carboxylic acids is 3. The summed E-state index contributed by atoms with van der Waals surface area (Å²) in [6.07, 6.45) is -0.403. The van der Waals surface area contributed by atoms with Crippen molar-refractivity contribution in [1.29, 1.82) is 0 Å². The Morgan fingerprint density at radius 2 is 1.78 bits per heavy atom. The first-order chi connectivity index (χ1) is 17.4. The molecule has 1 aliphatic heterocycles. The summed E-state index contributed by atoms with van der Waals surface area (Å²) < 4.78 is 10.3. The van der Waals surface area contributed by atoms with Gasteiger partial charge in [-0.1, -0.05) is 23.7 Å². The number of esters is 1. The number of imide groups is 1. The van der Waals surface area contributed by atoms with Gasteiger partial charge in [0.2, 0.25) is 11.8 Å². The van der Waals surface area contributed by atoms with Crippen LogP contribution in [-0.4, -0.2) is 57.7 Å². The monoisotopic (exact) mass is 509 g/mol. The SMILES string of the molecule is CCN1C(=O)CC(Nc2ccc(Oc3ccc(C(=O)OC)nn3)cc2)N(Cc2ccc(Cl)cc2)C1=O. The molecule has 3 aromatic rings.